The lowest BCUT2D eigenvalue weighted by atomic mass is 9.82. The molecule has 1 aliphatic heterocycles. The molecule has 0 spiro atoms. The SMILES string of the molecule is O=C(c1ccc2c(c1)OCO2)C(O)C1CCCCC1. The van der Waals surface area contributed by atoms with E-state index in [4.69, 9.17) is 9.47 Å². The second kappa shape index (κ2) is 5.21. The van der Waals surface area contributed by atoms with Crippen molar-refractivity contribution in [2.75, 3.05) is 6.79 Å². The van der Waals surface area contributed by atoms with Crippen LogP contribution in [0.1, 0.15) is 42.5 Å². The third-order valence-electron chi connectivity index (χ3n) is 4.02. The topological polar surface area (TPSA) is 55.8 Å². The molecule has 4 heteroatoms. The van der Waals surface area contributed by atoms with Gasteiger partial charge in [0.2, 0.25) is 6.79 Å². The number of aliphatic hydroxyl groups is 1. The van der Waals surface area contributed by atoms with Crippen molar-refractivity contribution in [2.24, 2.45) is 5.92 Å². The Labute approximate surface area is 112 Å². The average Bonchev–Trinajstić information content (AvgIpc) is 2.94. The Morgan fingerprint density at radius 2 is 1.89 bits per heavy atom. The predicted octanol–water partition coefficient (Wildman–Crippen LogP) is 2.54. The van der Waals surface area contributed by atoms with E-state index in [1.807, 2.05) is 0 Å². The molecule has 1 fully saturated rings. The fraction of sp³-hybridized carbons (Fsp3) is 0.533. The Balaban J connectivity index is 1.75. The number of benzene rings is 1. The van der Waals surface area contributed by atoms with E-state index >= 15 is 0 Å². The Morgan fingerprint density at radius 1 is 1.16 bits per heavy atom. The number of fused-ring (bicyclic) bond motifs is 1. The van der Waals surface area contributed by atoms with Crippen LogP contribution in [0.3, 0.4) is 0 Å². The Kier molecular flexibility index (Phi) is 3.42. The summed E-state index contributed by atoms with van der Waals surface area (Å²) in [4.78, 5) is 12.3. The minimum Gasteiger partial charge on any atom is -0.454 e. The number of Topliss-reactive ketones (excluding diaryl/α,β-unsaturated/α-hetero) is 1. The van der Waals surface area contributed by atoms with E-state index in [1.54, 1.807) is 18.2 Å². The highest BCUT2D eigenvalue weighted by Gasteiger charge is 2.29. The lowest BCUT2D eigenvalue weighted by Gasteiger charge is -2.25. The molecular weight excluding hydrogens is 244 g/mol. The summed E-state index contributed by atoms with van der Waals surface area (Å²) in [5, 5.41) is 10.2. The highest BCUT2D eigenvalue weighted by molar-refractivity contribution is 6.00. The van der Waals surface area contributed by atoms with E-state index in [0.29, 0.717) is 17.1 Å². The molecule has 4 nitrogen and oxygen atoms in total. The lowest BCUT2D eigenvalue weighted by Crippen LogP contribution is -2.31. The number of hydrogen-bond acceptors (Lipinski definition) is 4. The largest absolute Gasteiger partial charge is 0.454 e. The van der Waals surface area contributed by atoms with Crippen LogP contribution in [0.15, 0.2) is 18.2 Å². The molecule has 1 unspecified atom stereocenters. The van der Waals surface area contributed by atoms with Crippen molar-refractivity contribution in [1.29, 1.82) is 0 Å². The van der Waals surface area contributed by atoms with E-state index in [-0.39, 0.29) is 18.5 Å². The molecule has 1 saturated carbocycles. The van der Waals surface area contributed by atoms with Crippen molar-refractivity contribution in [2.45, 2.75) is 38.2 Å². The Bertz CT molecular complexity index is 477. The minimum absolute atomic E-state index is 0.103. The third-order valence-corrected chi connectivity index (χ3v) is 4.02. The van der Waals surface area contributed by atoms with Crippen LogP contribution in [-0.4, -0.2) is 23.8 Å². The maximum atomic E-state index is 12.3. The fourth-order valence-electron chi connectivity index (χ4n) is 2.88. The molecule has 0 amide bonds. The smallest absolute Gasteiger partial charge is 0.231 e. The first-order valence-electron chi connectivity index (χ1n) is 6.87. The van der Waals surface area contributed by atoms with Gasteiger partial charge >= 0.3 is 0 Å². The monoisotopic (exact) mass is 262 g/mol. The van der Waals surface area contributed by atoms with Gasteiger partial charge in [-0.2, -0.15) is 0 Å². The lowest BCUT2D eigenvalue weighted by molar-refractivity contribution is 0.0534. The highest BCUT2D eigenvalue weighted by Crippen LogP contribution is 2.34. The summed E-state index contributed by atoms with van der Waals surface area (Å²) in [6.07, 6.45) is 4.42. The summed E-state index contributed by atoms with van der Waals surface area (Å²) in [6, 6.07) is 5.09. The van der Waals surface area contributed by atoms with Gasteiger partial charge in [-0.05, 0) is 37.0 Å². The van der Waals surface area contributed by atoms with Crippen molar-refractivity contribution in [3.63, 3.8) is 0 Å². The highest BCUT2D eigenvalue weighted by atomic mass is 16.7. The van der Waals surface area contributed by atoms with Gasteiger partial charge in [-0.1, -0.05) is 19.3 Å². The quantitative estimate of drug-likeness (QED) is 0.850. The zero-order chi connectivity index (χ0) is 13.2. The summed E-state index contributed by atoms with van der Waals surface area (Å²) in [6.45, 7) is 0.193. The van der Waals surface area contributed by atoms with Crippen LogP contribution in [0.25, 0.3) is 0 Å². The predicted molar refractivity (Wildman–Crippen MR) is 69.5 cm³/mol. The molecule has 0 bridgehead atoms. The van der Waals surface area contributed by atoms with E-state index in [2.05, 4.69) is 0 Å². The van der Waals surface area contributed by atoms with Crippen LogP contribution in [0.5, 0.6) is 11.5 Å². The van der Waals surface area contributed by atoms with Crippen molar-refractivity contribution < 1.29 is 19.4 Å². The number of rotatable bonds is 3. The first kappa shape index (κ1) is 12.5. The summed E-state index contributed by atoms with van der Waals surface area (Å²) in [5.41, 5.74) is 0.502. The molecule has 1 atom stereocenters. The van der Waals surface area contributed by atoms with Crippen LogP contribution in [-0.2, 0) is 0 Å². The molecule has 1 aliphatic carbocycles. The van der Waals surface area contributed by atoms with Gasteiger partial charge in [-0.15, -0.1) is 0 Å². The first-order valence-corrected chi connectivity index (χ1v) is 6.87. The second-order valence-corrected chi connectivity index (χ2v) is 5.28. The molecule has 0 saturated heterocycles. The number of carbonyl (C=O) groups excluding carboxylic acids is 1. The minimum atomic E-state index is -0.888. The average molecular weight is 262 g/mol. The molecule has 1 aromatic carbocycles. The van der Waals surface area contributed by atoms with Crippen LogP contribution in [0.2, 0.25) is 0 Å². The fourth-order valence-corrected chi connectivity index (χ4v) is 2.88. The molecule has 2 aliphatic rings. The molecule has 3 rings (SSSR count). The summed E-state index contributed by atoms with van der Waals surface area (Å²) >= 11 is 0. The Hall–Kier alpha value is -1.55. The van der Waals surface area contributed by atoms with E-state index in [1.165, 1.54) is 6.42 Å². The van der Waals surface area contributed by atoms with Crippen LogP contribution < -0.4 is 9.47 Å². The summed E-state index contributed by atoms with van der Waals surface area (Å²) < 4.78 is 10.5. The van der Waals surface area contributed by atoms with Gasteiger partial charge in [-0.25, -0.2) is 0 Å². The summed E-state index contributed by atoms with van der Waals surface area (Å²) in [7, 11) is 0. The molecule has 1 N–H and O–H groups in total. The first-order chi connectivity index (χ1) is 9.25. The van der Waals surface area contributed by atoms with Crippen molar-refractivity contribution in [1.82, 2.24) is 0 Å². The number of carbonyl (C=O) groups is 1. The van der Waals surface area contributed by atoms with E-state index in [0.717, 1.165) is 25.7 Å². The molecule has 19 heavy (non-hydrogen) atoms. The maximum Gasteiger partial charge on any atom is 0.231 e. The number of hydrogen-bond donors (Lipinski definition) is 1. The maximum absolute atomic E-state index is 12.3. The zero-order valence-corrected chi connectivity index (χ0v) is 10.8. The van der Waals surface area contributed by atoms with Gasteiger partial charge in [0.1, 0.15) is 6.10 Å². The third kappa shape index (κ3) is 2.45. The summed E-state index contributed by atoms with van der Waals surface area (Å²) in [5.74, 6) is 1.14. The van der Waals surface area contributed by atoms with Crippen molar-refractivity contribution >= 4 is 5.78 Å². The molecule has 1 heterocycles. The Morgan fingerprint density at radius 3 is 2.68 bits per heavy atom. The van der Waals surface area contributed by atoms with Crippen molar-refractivity contribution in [3.05, 3.63) is 23.8 Å². The molecule has 1 aromatic rings. The van der Waals surface area contributed by atoms with Gasteiger partial charge in [0, 0.05) is 5.56 Å². The molecular formula is C15H18O4. The van der Waals surface area contributed by atoms with E-state index < -0.39 is 6.10 Å². The van der Waals surface area contributed by atoms with Gasteiger partial charge in [0.25, 0.3) is 0 Å². The van der Waals surface area contributed by atoms with Crippen LogP contribution in [0, 0.1) is 5.92 Å². The van der Waals surface area contributed by atoms with Gasteiger partial charge in [-0.3, -0.25) is 4.79 Å². The molecule has 0 radical (unpaired) electrons. The number of ether oxygens (including phenoxy) is 2. The van der Waals surface area contributed by atoms with Gasteiger partial charge < -0.3 is 14.6 Å². The standard InChI is InChI=1S/C15H18O4/c16-14(10-4-2-1-3-5-10)15(17)11-6-7-12-13(8-11)19-9-18-12/h6-8,10,14,16H,1-5,9H2. The van der Waals surface area contributed by atoms with Crippen LogP contribution >= 0.6 is 0 Å². The number of ketones is 1. The zero-order valence-electron chi connectivity index (χ0n) is 10.8. The van der Waals surface area contributed by atoms with E-state index in [9.17, 15) is 9.90 Å². The van der Waals surface area contributed by atoms with Crippen molar-refractivity contribution in [3.8, 4) is 11.5 Å². The number of aliphatic hydroxyl groups excluding tert-OH is 1. The van der Waals surface area contributed by atoms with Gasteiger partial charge in [0.05, 0.1) is 0 Å². The second-order valence-electron chi connectivity index (χ2n) is 5.28. The molecule has 102 valence electrons. The van der Waals surface area contributed by atoms with Crippen LogP contribution in [0.4, 0.5) is 0 Å². The molecule has 0 aromatic heterocycles. The van der Waals surface area contributed by atoms with Gasteiger partial charge in [0.15, 0.2) is 17.3 Å². The normalized spacial score (nSPS) is 20.3.